The van der Waals surface area contributed by atoms with Crippen molar-refractivity contribution in [3.8, 4) is 0 Å². The van der Waals surface area contributed by atoms with E-state index in [1.54, 1.807) is 0 Å². The van der Waals surface area contributed by atoms with Gasteiger partial charge in [0.25, 0.3) is 5.91 Å². The predicted octanol–water partition coefficient (Wildman–Crippen LogP) is 3.97. The molecule has 1 unspecified atom stereocenters. The third kappa shape index (κ3) is 4.98. The molecule has 1 aromatic heterocycles. The number of aromatic nitrogens is 1. The zero-order chi connectivity index (χ0) is 20.8. The third-order valence-electron chi connectivity index (χ3n) is 4.57. The van der Waals surface area contributed by atoms with Crippen LogP contribution < -0.4 is 11.1 Å². The lowest BCUT2D eigenvalue weighted by molar-refractivity contribution is 0.0938. The van der Waals surface area contributed by atoms with Crippen molar-refractivity contribution in [2.24, 2.45) is 11.7 Å². The van der Waals surface area contributed by atoms with Crippen molar-refractivity contribution in [1.29, 1.82) is 0 Å². The van der Waals surface area contributed by atoms with Crippen LogP contribution in [0, 0.1) is 5.92 Å². The highest BCUT2D eigenvalue weighted by molar-refractivity contribution is 7.80. The van der Waals surface area contributed by atoms with Gasteiger partial charge >= 0.3 is 6.16 Å². The topological polar surface area (TPSA) is 128 Å². The summed E-state index contributed by atoms with van der Waals surface area (Å²) in [5.74, 6) is 0.0450. The van der Waals surface area contributed by atoms with Crippen LogP contribution in [0.4, 0.5) is 4.79 Å². The number of hydrogen-bond donors (Lipinski definition) is 5. The van der Waals surface area contributed by atoms with Gasteiger partial charge in [0.2, 0.25) is 0 Å². The van der Waals surface area contributed by atoms with Crippen LogP contribution in [0.2, 0.25) is 0 Å². The number of H-pyrrole nitrogens is 1. The fraction of sp³-hybridized carbons (Fsp3) is 0.250. The zero-order valence-corrected chi connectivity index (χ0v) is 16.4. The first-order valence-corrected chi connectivity index (χ1v) is 9.18. The fourth-order valence-corrected chi connectivity index (χ4v) is 3.23. The maximum Gasteiger partial charge on any atom is 0.503 e. The minimum absolute atomic E-state index is 0.153. The number of benzene rings is 2. The molecule has 1 heterocycles. The van der Waals surface area contributed by atoms with Crippen molar-refractivity contribution in [2.75, 3.05) is 0 Å². The maximum atomic E-state index is 12.6. The van der Waals surface area contributed by atoms with Gasteiger partial charge in [-0.25, -0.2) is 4.79 Å². The Hall–Kier alpha value is -3.13. The number of rotatable bonds is 5. The second-order valence-electron chi connectivity index (χ2n) is 6.45. The zero-order valence-electron chi connectivity index (χ0n) is 15.6. The van der Waals surface area contributed by atoms with E-state index < -0.39 is 6.16 Å². The summed E-state index contributed by atoms with van der Waals surface area (Å²) >= 11 is 5.11. The van der Waals surface area contributed by atoms with Crippen LogP contribution in [0.15, 0.2) is 42.5 Å². The maximum absolute atomic E-state index is 12.6. The first kappa shape index (κ1) is 21.2. The Labute approximate surface area is 167 Å². The van der Waals surface area contributed by atoms with Crippen molar-refractivity contribution in [3.63, 3.8) is 0 Å². The lowest BCUT2D eigenvalue weighted by atomic mass is 9.98. The number of fused-ring (bicyclic) bond motifs is 3. The van der Waals surface area contributed by atoms with E-state index in [-0.39, 0.29) is 17.9 Å². The quantitative estimate of drug-likeness (QED) is 0.411. The molecule has 28 heavy (non-hydrogen) atoms. The summed E-state index contributed by atoms with van der Waals surface area (Å²) in [6, 6.07) is 13.4. The minimum atomic E-state index is -1.83. The Kier molecular flexibility index (Phi) is 6.94. The van der Waals surface area contributed by atoms with E-state index in [1.165, 1.54) is 0 Å². The molecule has 2 aromatic carbocycles. The van der Waals surface area contributed by atoms with E-state index in [2.05, 4.69) is 17.2 Å². The molecule has 0 aliphatic carbocycles. The number of thiocarbonyl (C=S) groups is 1. The first-order valence-electron chi connectivity index (χ1n) is 8.77. The summed E-state index contributed by atoms with van der Waals surface area (Å²) in [6.07, 6.45) is -0.941. The van der Waals surface area contributed by atoms with Crippen molar-refractivity contribution >= 4 is 51.1 Å². The van der Waals surface area contributed by atoms with Crippen molar-refractivity contribution in [3.05, 3.63) is 48.0 Å². The van der Waals surface area contributed by atoms with Crippen LogP contribution in [0.1, 0.15) is 30.6 Å². The third-order valence-corrected chi connectivity index (χ3v) is 4.83. The molecular formula is C20H23N3O4S. The van der Waals surface area contributed by atoms with Gasteiger partial charge in [-0.3, -0.25) is 4.79 Å². The number of para-hydroxylation sites is 1. The first-order chi connectivity index (χ1) is 13.2. The second kappa shape index (κ2) is 9.18. The molecule has 2 atom stereocenters. The van der Waals surface area contributed by atoms with E-state index in [4.69, 9.17) is 33.0 Å². The van der Waals surface area contributed by atoms with Crippen molar-refractivity contribution < 1.29 is 19.8 Å². The largest absolute Gasteiger partial charge is 0.503 e. The fourth-order valence-electron chi connectivity index (χ4n) is 2.94. The Morgan fingerprint density at radius 2 is 1.75 bits per heavy atom. The van der Waals surface area contributed by atoms with Gasteiger partial charge in [0.15, 0.2) is 0 Å². The van der Waals surface area contributed by atoms with Gasteiger partial charge in [-0.05, 0) is 30.2 Å². The van der Waals surface area contributed by atoms with Gasteiger partial charge in [0, 0.05) is 27.4 Å². The van der Waals surface area contributed by atoms with Crippen LogP contribution >= 0.6 is 12.2 Å². The lowest BCUT2D eigenvalue weighted by Crippen LogP contribution is -2.47. The van der Waals surface area contributed by atoms with Gasteiger partial charge in [0.1, 0.15) is 0 Å². The average Bonchev–Trinajstić information content (AvgIpc) is 3.02. The van der Waals surface area contributed by atoms with Crippen molar-refractivity contribution in [2.45, 2.75) is 26.3 Å². The van der Waals surface area contributed by atoms with Crippen LogP contribution in [0.25, 0.3) is 21.8 Å². The Morgan fingerprint density at radius 3 is 2.36 bits per heavy atom. The van der Waals surface area contributed by atoms with Gasteiger partial charge in [-0.15, -0.1) is 0 Å². The monoisotopic (exact) mass is 401 g/mol. The SMILES string of the molecule is CCC(C)[C@H](NC(=O)c1ccc2[nH]c3ccccc3c2c1)C(N)=S.O=C(O)O. The molecule has 6 N–H and O–H groups in total. The number of nitrogens with one attached hydrogen (secondary N) is 2. The summed E-state index contributed by atoms with van der Waals surface area (Å²) in [5.41, 5.74) is 8.48. The summed E-state index contributed by atoms with van der Waals surface area (Å²) in [4.78, 5) is 24.9. The van der Waals surface area contributed by atoms with Crippen LogP contribution in [0.5, 0.6) is 0 Å². The van der Waals surface area contributed by atoms with E-state index >= 15 is 0 Å². The standard InChI is InChI=1S/C19H21N3OS.CH2O3/c1-3-11(2)17(18(20)24)22-19(23)12-8-9-16-14(10-12)13-6-4-5-7-15(13)21-16;2-1(3)4/h4-11,17,21H,3H2,1-2H3,(H2,20,24)(H,22,23);(H2,2,3,4)/t11?,17-;/m0./s1. The smallest absolute Gasteiger partial charge is 0.450 e. The predicted molar refractivity (Wildman–Crippen MR) is 114 cm³/mol. The van der Waals surface area contributed by atoms with E-state index in [9.17, 15) is 4.79 Å². The second-order valence-corrected chi connectivity index (χ2v) is 6.92. The molecule has 0 saturated carbocycles. The molecule has 3 rings (SSSR count). The molecule has 8 heteroatoms. The van der Waals surface area contributed by atoms with Gasteiger partial charge in [-0.2, -0.15) is 0 Å². The van der Waals surface area contributed by atoms with Crippen LogP contribution in [0.3, 0.4) is 0 Å². The molecule has 0 fully saturated rings. The Bertz CT molecular complexity index is 1010. The Morgan fingerprint density at radius 1 is 1.14 bits per heavy atom. The molecule has 0 aliphatic heterocycles. The van der Waals surface area contributed by atoms with Crippen LogP contribution in [-0.4, -0.2) is 38.3 Å². The molecule has 0 spiro atoms. The molecular weight excluding hydrogens is 378 g/mol. The normalized spacial score (nSPS) is 12.6. The summed E-state index contributed by atoms with van der Waals surface area (Å²) in [6.45, 7) is 4.09. The number of aromatic amines is 1. The molecule has 3 aromatic rings. The van der Waals surface area contributed by atoms with Crippen molar-refractivity contribution in [1.82, 2.24) is 10.3 Å². The van der Waals surface area contributed by atoms with Gasteiger partial charge in [-0.1, -0.05) is 50.7 Å². The highest BCUT2D eigenvalue weighted by Gasteiger charge is 2.21. The molecule has 0 radical (unpaired) electrons. The van der Waals surface area contributed by atoms with E-state index in [1.807, 2.05) is 49.4 Å². The van der Waals surface area contributed by atoms with Crippen LogP contribution in [-0.2, 0) is 0 Å². The van der Waals surface area contributed by atoms with E-state index in [0.717, 1.165) is 28.2 Å². The summed E-state index contributed by atoms with van der Waals surface area (Å²) < 4.78 is 0. The molecule has 0 saturated heterocycles. The summed E-state index contributed by atoms with van der Waals surface area (Å²) in [5, 5.41) is 19.1. The lowest BCUT2D eigenvalue weighted by Gasteiger charge is -2.23. The number of carbonyl (C=O) groups is 2. The molecule has 148 valence electrons. The molecule has 0 aliphatic rings. The minimum Gasteiger partial charge on any atom is -0.450 e. The summed E-state index contributed by atoms with van der Waals surface area (Å²) in [7, 11) is 0. The van der Waals surface area contributed by atoms with E-state index in [0.29, 0.717) is 10.6 Å². The number of hydrogen-bond acceptors (Lipinski definition) is 3. The molecule has 7 nitrogen and oxygen atoms in total. The number of nitrogens with two attached hydrogens (primary N) is 1. The Balaban J connectivity index is 0.000000640. The number of carboxylic acid groups (broad SMARTS) is 2. The number of amides is 1. The average molecular weight is 401 g/mol. The van der Waals surface area contributed by atoms with Gasteiger partial charge < -0.3 is 26.2 Å². The van der Waals surface area contributed by atoms with Gasteiger partial charge in [0.05, 0.1) is 11.0 Å². The molecule has 1 amide bonds. The highest BCUT2D eigenvalue weighted by atomic mass is 32.1. The highest BCUT2D eigenvalue weighted by Crippen LogP contribution is 2.26. The number of carbonyl (C=O) groups excluding carboxylic acids is 1. The molecule has 0 bridgehead atoms.